The van der Waals surface area contributed by atoms with Crippen LogP contribution in [0, 0.1) is 0 Å². The topological polar surface area (TPSA) is 124 Å². The van der Waals surface area contributed by atoms with Crippen LogP contribution in [0.25, 0.3) is 11.5 Å². The molecule has 0 spiro atoms. The lowest BCUT2D eigenvalue weighted by Crippen LogP contribution is -2.07. The number of hydrogen-bond acceptors (Lipinski definition) is 8. The maximum Gasteiger partial charge on any atom is 0.471 e. The van der Waals surface area contributed by atoms with Gasteiger partial charge in [0, 0.05) is 12.5 Å². The van der Waals surface area contributed by atoms with Crippen LogP contribution in [0.4, 0.5) is 13.2 Å². The number of amides is 1. The SMILES string of the molecule is CS(=O)(=NC(=O)c1cnc(-c2noc(C(F)(F)F)n2)cn1)c1ccccn1. The van der Waals surface area contributed by atoms with Crippen LogP contribution in [0.5, 0.6) is 0 Å². The van der Waals surface area contributed by atoms with E-state index in [-0.39, 0.29) is 16.4 Å². The van der Waals surface area contributed by atoms with Crippen LogP contribution in [-0.4, -0.2) is 41.5 Å². The van der Waals surface area contributed by atoms with E-state index in [9.17, 15) is 22.2 Å². The van der Waals surface area contributed by atoms with E-state index >= 15 is 0 Å². The Hall–Kier alpha value is -3.22. The van der Waals surface area contributed by atoms with Crippen molar-refractivity contribution in [3.63, 3.8) is 0 Å². The number of carbonyl (C=O) groups excluding carboxylic acids is 1. The van der Waals surface area contributed by atoms with Gasteiger partial charge in [-0.2, -0.15) is 22.5 Å². The van der Waals surface area contributed by atoms with Crippen LogP contribution >= 0.6 is 0 Å². The van der Waals surface area contributed by atoms with E-state index in [2.05, 4.69) is 34.0 Å². The number of nitrogens with zero attached hydrogens (tertiary/aromatic N) is 6. The number of aromatic nitrogens is 5. The summed E-state index contributed by atoms with van der Waals surface area (Å²) >= 11 is 0. The Kier molecular flexibility index (Phi) is 4.70. The molecule has 0 radical (unpaired) electrons. The van der Waals surface area contributed by atoms with Gasteiger partial charge in [-0.3, -0.25) is 4.79 Å². The van der Waals surface area contributed by atoms with E-state index in [0.29, 0.717) is 0 Å². The molecule has 0 saturated heterocycles. The smallest absolute Gasteiger partial charge is 0.329 e. The molecule has 0 aliphatic rings. The van der Waals surface area contributed by atoms with Crippen LogP contribution in [0.1, 0.15) is 16.4 Å². The zero-order chi connectivity index (χ0) is 19.7. The quantitative estimate of drug-likeness (QED) is 0.658. The van der Waals surface area contributed by atoms with Gasteiger partial charge in [0.2, 0.25) is 5.82 Å². The molecule has 3 rings (SSSR count). The highest BCUT2D eigenvalue weighted by Crippen LogP contribution is 2.28. The van der Waals surface area contributed by atoms with Gasteiger partial charge in [-0.15, -0.1) is 0 Å². The molecule has 0 saturated carbocycles. The van der Waals surface area contributed by atoms with Gasteiger partial charge in [-0.25, -0.2) is 19.2 Å². The fourth-order valence-electron chi connectivity index (χ4n) is 1.82. The molecule has 3 aromatic rings. The third-order valence-corrected chi connectivity index (χ3v) is 4.58. The monoisotopic (exact) mass is 398 g/mol. The molecule has 3 heterocycles. The van der Waals surface area contributed by atoms with Crippen LogP contribution < -0.4 is 0 Å². The van der Waals surface area contributed by atoms with Gasteiger partial charge >= 0.3 is 18.0 Å². The molecular formula is C14H9F3N6O3S. The maximum atomic E-state index is 12.5. The average molecular weight is 398 g/mol. The third kappa shape index (κ3) is 4.13. The maximum absolute atomic E-state index is 12.5. The molecule has 0 fully saturated rings. The first-order chi connectivity index (χ1) is 12.7. The van der Waals surface area contributed by atoms with Crippen LogP contribution in [0.15, 0.2) is 50.7 Å². The standard InChI is InChI=1S/C14H9F3N6O3S/c1-27(25,10-4-2-3-5-18-10)23-12(24)9-7-19-8(6-20-9)11-21-13(26-22-11)14(15,16)17/h2-7H,1H3. The van der Waals surface area contributed by atoms with Gasteiger partial charge in [0.25, 0.3) is 0 Å². The average Bonchev–Trinajstić information content (AvgIpc) is 3.13. The second-order valence-corrected chi connectivity index (χ2v) is 7.28. The Morgan fingerprint density at radius 3 is 2.52 bits per heavy atom. The first-order valence-corrected chi connectivity index (χ1v) is 9.00. The summed E-state index contributed by atoms with van der Waals surface area (Å²) < 4.78 is 57.6. The number of halogens is 3. The molecule has 140 valence electrons. The highest BCUT2D eigenvalue weighted by Gasteiger charge is 2.38. The Labute approximate surface area is 149 Å². The van der Waals surface area contributed by atoms with Crippen molar-refractivity contribution in [3.05, 3.63) is 48.4 Å². The number of carbonyl (C=O) groups is 1. The van der Waals surface area contributed by atoms with Crippen molar-refractivity contribution in [1.29, 1.82) is 0 Å². The van der Waals surface area contributed by atoms with Gasteiger partial charge in [0.15, 0.2) is 0 Å². The lowest BCUT2D eigenvalue weighted by atomic mass is 10.4. The highest BCUT2D eigenvalue weighted by atomic mass is 32.2. The van der Waals surface area contributed by atoms with Gasteiger partial charge < -0.3 is 4.52 Å². The van der Waals surface area contributed by atoms with Crippen LogP contribution in [0.3, 0.4) is 0 Å². The van der Waals surface area contributed by atoms with Crippen molar-refractivity contribution in [2.24, 2.45) is 4.36 Å². The first kappa shape index (κ1) is 18.6. The molecule has 0 aliphatic heterocycles. The molecule has 9 nitrogen and oxygen atoms in total. The number of rotatable bonds is 3. The Balaban J connectivity index is 1.85. The Morgan fingerprint density at radius 2 is 1.96 bits per heavy atom. The van der Waals surface area contributed by atoms with Crippen molar-refractivity contribution < 1.29 is 26.7 Å². The van der Waals surface area contributed by atoms with E-state index < -0.39 is 33.5 Å². The third-order valence-electron chi connectivity index (χ3n) is 3.05. The molecule has 3 aromatic heterocycles. The largest absolute Gasteiger partial charge is 0.471 e. The zero-order valence-electron chi connectivity index (χ0n) is 13.4. The van der Waals surface area contributed by atoms with Crippen LogP contribution in [0.2, 0.25) is 0 Å². The van der Waals surface area contributed by atoms with Crippen molar-refractivity contribution in [1.82, 2.24) is 25.1 Å². The second-order valence-electron chi connectivity index (χ2n) is 5.07. The second kappa shape index (κ2) is 6.83. The molecule has 0 aromatic carbocycles. The fourth-order valence-corrected chi connectivity index (χ4v) is 2.91. The summed E-state index contributed by atoms with van der Waals surface area (Å²) in [5, 5.41) is 3.28. The minimum atomic E-state index is -4.79. The summed E-state index contributed by atoms with van der Waals surface area (Å²) in [6.07, 6.45) is -0.203. The van der Waals surface area contributed by atoms with Gasteiger partial charge in [0.1, 0.15) is 16.4 Å². The Bertz CT molecular complexity index is 1090. The molecule has 27 heavy (non-hydrogen) atoms. The van der Waals surface area contributed by atoms with Crippen molar-refractivity contribution in [3.8, 4) is 11.5 Å². The lowest BCUT2D eigenvalue weighted by Gasteiger charge is -2.02. The summed E-state index contributed by atoms with van der Waals surface area (Å²) in [5.74, 6) is -2.90. The molecule has 13 heteroatoms. The van der Waals surface area contributed by atoms with Gasteiger partial charge in [-0.05, 0) is 12.1 Å². The summed E-state index contributed by atoms with van der Waals surface area (Å²) in [6, 6.07) is 4.68. The van der Waals surface area contributed by atoms with E-state index in [1.165, 1.54) is 18.5 Å². The van der Waals surface area contributed by atoms with Crippen molar-refractivity contribution >= 4 is 15.6 Å². The minimum absolute atomic E-state index is 0.120. The van der Waals surface area contributed by atoms with E-state index in [4.69, 9.17) is 0 Å². The highest BCUT2D eigenvalue weighted by molar-refractivity contribution is 7.93. The molecule has 1 atom stereocenters. The number of alkyl halides is 3. The molecule has 1 amide bonds. The number of pyridine rings is 1. The molecule has 0 N–H and O–H groups in total. The molecule has 1 unspecified atom stereocenters. The molecule has 0 bridgehead atoms. The van der Waals surface area contributed by atoms with E-state index in [0.717, 1.165) is 12.4 Å². The normalized spacial score (nSPS) is 13.8. The molecular weight excluding hydrogens is 389 g/mol. The molecule has 0 aliphatic carbocycles. The van der Waals surface area contributed by atoms with Gasteiger partial charge in [0.05, 0.1) is 22.1 Å². The summed E-state index contributed by atoms with van der Waals surface area (Å²) in [4.78, 5) is 26.7. The van der Waals surface area contributed by atoms with Crippen molar-refractivity contribution in [2.75, 3.05) is 6.26 Å². The fraction of sp³-hybridized carbons (Fsp3) is 0.143. The van der Waals surface area contributed by atoms with Gasteiger partial charge in [-0.1, -0.05) is 11.2 Å². The lowest BCUT2D eigenvalue weighted by molar-refractivity contribution is -0.159. The van der Waals surface area contributed by atoms with E-state index in [1.54, 1.807) is 12.1 Å². The minimum Gasteiger partial charge on any atom is -0.329 e. The number of hydrogen-bond donors (Lipinski definition) is 0. The van der Waals surface area contributed by atoms with Crippen LogP contribution in [-0.2, 0) is 15.9 Å². The predicted molar refractivity (Wildman–Crippen MR) is 83.7 cm³/mol. The van der Waals surface area contributed by atoms with Crippen molar-refractivity contribution in [2.45, 2.75) is 11.2 Å². The summed E-state index contributed by atoms with van der Waals surface area (Å²) in [7, 11) is -3.10. The zero-order valence-corrected chi connectivity index (χ0v) is 14.2. The summed E-state index contributed by atoms with van der Waals surface area (Å²) in [5.41, 5.74) is -0.406. The van der Waals surface area contributed by atoms with E-state index in [1.807, 2.05) is 0 Å². The first-order valence-electron chi connectivity index (χ1n) is 7.08. The summed E-state index contributed by atoms with van der Waals surface area (Å²) in [6.45, 7) is 0. The Morgan fingerprint density at radius 1 is 1.19 bits per heavy atom. The predicted octanol–water partition coefficient (Wildman–Crippen LogP) is 2.24.